The quantitative estimate of drug-likeness (QED) is 0.684. The second-order valence-electron chi connectivity index (χ2n) is 6.03. The van der Waals surface area contributed by atoms with Gasteiger partial charge in [0.2, 0.25) is 0 Å². The molecule has 0 amide bonds. The maximum absolute atomic E-state index is 11.7. The van der Waals surface area contributed by atoms with Gasteiger partial charge in [0.15, 0.2) is 4.96 Å². The Morgan fingerprint density at radius 1 is 1.12 bits per heavy atom. The fourth-order valence-corrected chi connectivity index (χ4v) is 3.76. The molecule has 1 fully saturated rings. The van der Waals surface area contributed by atoms with E-state index < -0.39 is 0 Å². The van der Waals surface area contributed by atoms with Gasteiger partial charge in [-0.05, 0) is 6.07 Å². The molecule has 0 bridgehead atoms. The van der Waals surface area contributed by atoms with E-state index in [4.69, 9.17) is 0 Å². The molecule has 0 unspecified atom stereocenters. The van der Waals surface area contributed by atoms with Crippen LogP contribution in [0.3, 0.4) is 0 Å². The first-order chi connectivity index (χ1) is 11.8. The Morgan fingerprint density at radius 3 is 2.75 bits per heavy atom. The summed E-state index contributed by atoms with van der Waals surface area (Å²) < 4.78 is 3.62. The lowest BCUT2D eigenvalue weighted by Crippen LogP contribution is -2.47. The predicted molar refractivity (Wildman–Crippen MR) is 93.3 cm³/mol. The summed E-state index contributed by atoms with van der Waals surface area (Å²) in [4.78, 5) is 22.2. The molecule has 0 spiro atoms. The van der Waals surface area contributed by atoms with Gasteiger partial charge in [-0.15, -0.1) is 11.3 Å². The number of piperazine rings is 1. The van der Waals surface area contributed by atoms with Crippen LogP contribution in [0.4, 0.5) is 0 Å². The number of thiazole rings is 1. The molecule has 4 heterocycles. The summed E-state index contributed by atoms with van der Waals surface area (Å²) in [5.74, 6) is 0. The molecule has 24 heavy (non-hydrogen) atoms. The Balaban J connectivity index is 1.26. The Bertz CT molecular complexity index is 832. The van der Waals surface area contributed by atoms with Gasteiger partial charge >= 0.3 is 0 Å². The minimum atomic E-state index is -0.0316. The zero-order chi connectivity index (χ0) is 16.4. The second kappa shape index (κ2) is 6.84. The summed E-state index contributed by atoms with van der Waals surface area (Å²) in [5.41, 5.74) is 1.10. The molecule has 1 aliphatic rings. The SMILES string of the molecule is O=c1cccnn1CCN1CCN(Cc2cn3ccsc3n2)CC1. The molecule has 4 rings (SSSR count). The first kappa shape index (κ1) is 15.5. The number of rotatable bonds is 5. The van der Waals surface area contributed by atoms with Crippen LogP contribution in [-0.4, -0.2) is 61.7 Å². The maximum atomic E-state index is 11.7. The molecular weight excluding hydrogens is 324 g/mol. The first-order valence-corrected chi connectivity index (χ1v) is 9.04. The second-order valence-corrected chi connectivity index (χ2v) is 6.90. The Hall–Kier alpha value is -2.03. The van der Waals surface area contributed by atoms with Crippen molar-refractivity contribution in [3.8, 4) is 0 Å². The van der Waals surface area contributed by atoms with E-state index in [1.54, 1.807) is 29.7 Å². The van der Waals surface area contributed by atoms with Gasteiger partial charge in [0.05, 0.1) is 12.2 Å². The van der Waals surface area contributed by atoms with Crippen molar-refractivity contribution >= 4 is 16.3 Å². The largest absolute Gasteiger partial charge is 0.299 e. The first-order valence-electron chi connectivity index (χ1n) is 8.16. The number of hydrogen-bond donors (Lipinski definition) is 0. The van der Waals surface area contributed by atoms with Crippen LogP contribution in [-0.2, 0) is 13.1 Å². The number of aromatic nitrogens is 4. The lowest BCUT2D eigenvalue weighted by molar-refractivity contribution is 0.122. The topological polar surface area (TPSA) is 58.7 Å². The molecule has 126 valence electrons. The number of hydrogen-bond acceptors (Lipinski definition) is 6. The van der Waals surface area contributed by atoms with Gasteiger partial charge in [-0.2, -0.15) is 5.10 Å². The molecule has 7 nitrogen and oxygen atoms in total. The average molecular weight is 344 g/mol. The highest BCUT2D eigenvalue weighted by atomic mass is 32.1. The molecule has 0 N–H and O–H groups in total. The van der Waals surface area contributed by atoms with E-state index in [9.17, 15) is 4.79 Å². The van der Waals surface area contributed by atoms with Crippen LogP contribution in [0.5, 0.6) is 0 Å². The Morgan fingerprint density at radius 2 is 1.96 bits per heavy atom. The van der Waals surface area contributed by atoms with Crippen LogP contribution in [0.1, 0.15) is 5.69 Å². The number of fused-ring (bicyclic) bond motifs is 1. The van der Waals surface area contributed by atoms with Gasteiger partial charge in [0.1, 0.15) is 0 Å². The van der Waals surface area contributed by atoms with E-state index in [-0.39, 0.29) is 5.56 Å². The van der Waals surface area contributed by atoms with Crippen molar-refractivity contribution in [2.45, 2.75) is 13.1 Å². The van der Waals surface area contributed by atoms with Crippen molar-refractivity contribution in [1.82, 2.24) is 29.0 Å². The van der Waals surface area contributed by atoms with Crippen LogP contribution < -0.4 is 5.56 Å². The van der Waals surface area contributed by atoms with Gasteiger partial charge < -0.3 is 0 Å². The summed E-state index contributed by atoms with van der Waals surface area (Å²) in [6, 6.07) is 3.23. The molecular formula is C16H20N6OS. The summed E-state index contributed by atoms with van der Waals surface area (Å²) >= 11 is 1.67. The van der Waals surface area contributed by atoms with Gasteiger partial charge in [-0.3, -0.25) is 19.0 Å². The van der Waals surface area contributed by atoms with E-state index in [0.29, 0.717) is 6.54 Å². The van der Waals surface area contributed by atoms with E-state index >= 15 is 0 Å². The number of nitrogens with zero attached hydrogens (tertiary/aromatic N) is 6. The maximum Gasteiger partial charge on any atom is 0.266 e. The third kappa shape index (κ3) is 3.40. The zero-order valence-corrected chi connectivity index (χ0v) is 14.2. The summed E-state index contributed by atoms with van der Waals surface area (Å²) in [5, 5.41) is 6.16. The van der Waals surface area contributed by atoms with Gasteiger partial charge in [0.25, 0.3) is 5.56 Å². The lowest BCUT2D eigenvalue weighted by Gasteiger charge is -2.34. The van der Waals surface area contributed by atoms with Crippen LogP contribution in [0.15, 0.2) is 40.9 Å². The fourth-order valence-electron chi connectivity index (χ4n) is 3.04. The van der Waals surface area contributed by atoms with E-state index in [1.807, 2.05) is 6.20 Å². The Kier molecular flexibility index (Phi) is 4.42. The van der Waals surface area contributed by atoms with Crippen LogP contribution in [0.25, 0.3) is 4.96 Å². The average Bonchev–Trinajstić information content (AvgIpc) is 3.17. The standard InChI is InChI=1S/C16H20N6OS/c23-15-2-1-3-17-22(15)9-8-19-4-6-20(7-5-19)12-14-13-21-10-11-24-16(21)18-14/h1-3,10-11,13H,4-9,12H2. The van der Waals surface area contributed by atoms with E-state index in [0.717, 1.165) is 49.9 Å². The zero-order valence-electron chi connectivity index (χ0n) is 13.4. The van der Waals surface area contributed by atoms with E-state index in [2.05, 4.69) is 35.9 Å². The summed E-state index contributed by atoms with van der Waals surface area (Å²) in [7, 11) is 0. The minimum absolute atomic E-state index is 0.0316. The molecule has 0 aliphatic carbocycles. The van der Waals surface area contributed by atoms with E-state index in [1.165, 1.54) is 4.68 Å². The van der Waals surface area contributed by atoms with Crippen molar-refractivity contribution in [1.29, 1.82) is 0 Å². The van der Waals surface area contributed by atoms with Crippen LogP contribution in [0, 0.1) is 0 Å². The van der Waals surface area contributed by atoms with Gasteiger partial charge in [-0.1, -0.05) is 0 Å². The minimum Gasteiger partial charge on any atom is -0.299 e. The van der Waals surface area contributed by atoms with Crippen molar-refractivity contribution in [2.24, 2.45) is 0 Å². The van der Waals surface area contributed by atoms with Crippen molar-refractivity contribution in [2.75, 3.05) is 32.7 Å². The summed E-state index contributed by atoms with van der Waals surface area (Å²) in [6.45, 7) is 6.52. The molecule has 0 radical (unpaired) electrons. The lowest BCUT2D eigenvalue weighted by atomic mass is 10.3. The molecule has 3 aromatic heterocycles. The number of imidazole rings is 1. The molecule has 1 aliphatic heterocycles. The highest BCUT2D eigenvalue weighted by molar-refractivity contribution is 7.15. The normalized spacial score (nSPS) is 16.8. The molecule has 8 heteroatoms. The molecule has 1 saturated heterocycles. The molecule has 0 aromatic carbocycles. The third-order valence-electron chi connectivity index (χ3n) is 4.41. The predicted octanol–water partition coefficient (Wildman–Crippen LogP) is 0.770. The third-order valence-corrected chi connectivity index (χ3v) is 5.18. The van der Waals surface area contributed by atoms with Gasteiger partial charge in [-0.25, -0.2) is 9.67 Å². The molecule has 0 saturated carbocycles. The van der Waals surface area contributed by atoms with Crippen molar-refractivity contribution in [3.05, 3.63) is 52.2 Å². The van der Waals surface area contributed by atoms with Crippen molar-refractivity contribution in [3.63, 3.8) is 0 Å². The van der Waals surface area contributed by atoms with Crippen LogP contribution in [0.2, 0.25) is 0 Å². The van der Waals surface area contributed by atoms with Gasteiger partial charge in [0, 0.05) is 69.3 Å². The monoisotopic (exact) mass is 344 g/mol. The fraction of sp³-hybridized carbons (Fsp3) is 0.438. The Labute approximate surface area is 143 Å². The molecule has 3 aromatic rings. The highest BCUT2D eigenvalue weighted by Crippen LogP contribution is 2.13. The smallest absolute Gasteiger partial charge is 0.266 e. The molecule has 0 atom stereocenters. The summed E-state index contributed by atoms with van der Waals surface area (Å²) in [6.07, 6.45) is 5.83. The highest BCUT2D eigenvalue weighted by Gasteiger charge is 2.18. The van der Waals surface area contributed by atoms with Crippen LogP contribution >= 0.6 is 11.3 Å². The van der Waals surface area contributed by atoms with Crippen molar-refractivity contribution < 1.29 is 0 Å².